The van der Waals surface area contributed by atoms with Crippen molar-refractivity contribution >= 4 is 11.9 Å². The first-order valence-corrected chi connectivity index (χ1v) is 10.0. The molecular weight excluding hydrogens is 314 g/mol. The van der Waals surface area contributed by atoms with Crippen LogP contribution in [0, 0.1) is 11.8 Å². The number of unbranched alkanes of at least 4 members (excludes halogenated alkanes) is 13. The van der Waals surface area contributed by atoms with Crippen molar-refractivity contribution < 1.29 is 14.7 Å². The first-order chi connectivity index (χ1) is 12.1. The van der Waals surface area contributed by atoms with Gasteiger partial charge in [0, 0.05) is 13.5 Å². The van der Waals surface area contributed by atoms with E-state index in [9.17, 15) is 9.59 Å². The highest BCUT2D eigenvalue weighted by molar-refractivity contribution is 5.94. The summed E-state index contributed by atoms with van der Waals surface area (Å²) >= 11 is 0. The normalized spacial score (nSPS) is 10.2. The van der Waals surface area contributed by atoms with Crippen molar-refractivity contribution in [2.75, 3.05) is 13.6 Å². The van der Waals surface area contributed by atoms with E-state index in [4.69, 9.17) is 5.11 Å². The summed E-state index contributed by atoms with van der Waals surface area (Å²) in [4.78, 5) is 23.1. The molecule has 0 spiro atoms. The van der Waals surface area contributed by atoms with Gasteiger partial charge in [-0.05, 0) is 12.3 Å². The second-order valence-corrected chi connectivity index (χ2v) is 6.85. The molecule has 1 N–H and O–H groups in total. The lowest BCUT2D eigenvalue weighted by Gasteiger charge is -2.09. The first kappa shape index (κ1) is 23.5. The Balaban J connectivity index is 3.35. The van der Waals surface area contributed by atoms with E-state index in [-0.39, 0.29) is 6.54 Å². The van der Waals surface area contributed by atoms with E-state index in [0.29, 0.717) is 6.42 Å². The van der Waals surface area contributed by atoms with Crippen molar-refractivity contribution in [3.05, 3.63) is 0 Å². The van der Waals surface area contributed by atoms with Gasteiger partial charge in [0.05, 0.1) is 0 Å². The van der Waals surface area contributed by atoms with E-state index in [1.54, 1.807) is 0 Å². The third-order valence-corrected chi connectivity index (χ3v) is 4.32. The van der Waals surface area contributed by atoms with Crippen molar-refractivity contribution in [2.45, 2.75) is 96.8 Å². The van der Waals surface area contributed by atoms with Gasteiger partial charge < -0.3 is 10.0 Å². The zero-order valence-electron chi connectivity index (χ0n) is 16.3. The van der Waals surface area contributed by atoms with Crippen molar-refractivity contribution in [3.63, 3.8) is 0 Å². The van der Waals surface area contributed by atoms with Crippen LogP contribution < -0.4 is 0 Å². The SMILES string of the molecule is CCCCCCCCCCCCCCCC#CC(=O)N(C)CC(=O)O. The van der Waals surface area contributed by atoms with E-state index < -0.39 is 11.9 Å². The van der Waals surface area contributed by atoms with Crippen LogP contribution in [-0.2, 0) is 9.59 Å². The van der Waals surface area contributed by atoms with Gasteiger partial charge in [0.1, 0.15) is 6.54 Å². The molecule has 4 heteroatoms. The summed E-state index contributed by atoms with van der Waals surface area (Å²) in [6.07, 6.45) is 17.8. The molecular formula is C21H37NO3. The number of aliphatic carboxylic acids is 1. The average Bonchev–Trinajstić information content (AvgIpc) is 2.57. The Bertz CT molecular complexity index is 409. The molecule has 0 aromatic heterocycles. The minimum absolute atomic E-state index is 0.299. The summed E-state index contributed by atoms with van der Waals surface area (Å²) in [5.74, 6) is 3.91. The summed E-state index contributed by atoms with van der Waals surface area (Å²) in [5.41, 5.74) is 0. The Morgan fingerprint density at radius 3 is 1.68 bits per heavy atom. The highest BCUT2D eigenvalue weighted by Gasteiger charge is 2.08. The van der Waals surface area contributed by atoms with Crippen molar-refractivity contribution in [3.8, 4) is 11.8 Å². The minimum atomic E-state index is -1.02. The minimum Gasteiger partial charge on any atom is -0.480 e. The fourth-order valence-electron chi connectivity index (χ4n) is 2.74. The van der Waals surface area contributed by atoms with Crippen molar-refractivity contribution in [1.82, 2.24) is 4.90 Å². The number of hydrogen-bond acceptors (Lipinski definition) is 2. The topological polar surface area (TPSA) is 57.6 Å². The molecule has 0 saturated heterocycles. The summed E-state index contributed by atoms with van der Waals surface area (Å²) in [6.45, 7) is 1.96. The Labute approximate surface area is 154 Å². The number of carbonyl (C=O) groups excluding carboxylic acids is 1. The van der Waals surface area contributed by atoms with Gasteiger partial charge in [0.25, 0.3) is 5.91 Å². The molecule has 0 aliphatic carbocycles. The summed E-state index contributed by atoms with van der Waals surface area (Å²) in [6, 6.07) is 0. The van der Waals surface area contributed by atoms with Gasteiger partial charge in [-0.1, -0.05) is 89.9 Å². The third kappa shape index (κ3) is 17.1. The van der Waals surface area contributed by atoms with Crippen LogP contribution in [0.2, 0.25) is 0 Å². The van der Waals surface area contributed by atoms with Gasteiger partial charge in [-0.3, -0.25) is 9.59 Å². The van der Waals surface area contributed by atoms with Gasteiger partial charge in [-0.15, -0.1) is 0 Å². The highest BCUT2D eigenvalue weighted by Crippen LogP contribution is 2.12. The number of rotatable bonds is 15. The highest BCUT2D eigenvalue weighted by atomic mass is 16.4. The van der Waals surface area contributed by atoms with Crippen molar-refractivity contribution in [2.24, 2.45) is 0 Å². The quantitative estimate of drug-likeness (QED) is 0.333. The molecule has 0 aromatic carbocycles. The Morgan fingerprint density at radius 1 is 0.800 bits per heavy atom. The maximum Gasteiger partial charge on any atom is 0.323 e. The molecule has 0 aliphatic heterocycles. The second-order valence-electron chi connectivity index (χ2n) is 6.85. The molecule has 0 atom stereocenters. The van der Waals surface area contributed by atoms with Crippen molar-refractivity contribution in [1.29, 1.82) is 0 Å². The van der Waals surface area contributed by atoms with Gasteiger partial charge in [-0.2, -0.15) is 0 Å². The molecule has 0 radical (unpaired) electrons. The zero-order valence-corrected chi connectivity index (χ0v) is 16.3. The standard InChI is InChI=1S/C21H37NO3/c1-3-4-5-6-7-8-9-10-11-12-13-14-15-16-17-18-20(23)22(2)19-21(24)25/h3-16,19H2,1-2H3,(H,24,25). The van der Waals surface area contributed by atoms with Gasteiger partial charge in [0.15, 0.2) is 0 Å². The molecule has 144 valence electrons. The smallest absolute Gasteiger partial charge is 0.323 e. The molecule has 4 nitrogen and oxygen atoms in total. The molecule has 0 heterocycles. The van der Waals surface area contributed by atoms with Crippen LogP contribution in [0.4, 0.5) is 0 Å². The number of hydrogen-bond donors (Lipinski definition) is 1. The summed E-state index contributed by atoms with van der Waals surface area (Å²) in [5, 5.41) is 8.59. The zero-order chi connectivity index (χ0) is 18.8. The Hall–Kier alpha value is -1.50. The van der Waals surface area contributed by atoms with Crippen LogP contribution in [0.3, 0.4) is 0 Å². The molecule has 1 amide bonds. The second kappa shape index (κ2) is 17.3. The average molecular weight is 352 g/mol. The molecule has 0 bridgehead atoms. The van der Waals surface area contributed by atoms with E-state index in [0.717, 1.165) is 17.7 Å². The van der Waals surface area contributed by atoms with Crippen LogP contribution in [-0.4, -0.2) is 35.5 Å². The van der Waals surface area contributed by atoms with Gasteiger partial charge in [0.2, 0.25) is 0 Å². The maximum atomic E-state index is 11.5. The molecule has 0 fully saturated rings. The monoisotopic (exact) mass is 351 g/mol. The Morgan fingerprint density at radius 2 is 1.24 bits per heavy atom. The van der Waals surface area contributed by atoms with Crippen LogP contribution in [0.25, 0.3) is 0 Å². The number of amides is 1. The van der Waals surface area contributed by atoms with Crippen LogP contribution in [0.5, 0.6) is 0 Å². The lowest BCUT2D eigenvalue weighted by atomic mass is 10.0. The summed E-state index contributed by atoms with van der Waals surface area (Å²) in [7, 11) is 1.45. The number of carbonyl (C=O) groups is 2. The van der Waals surface area contributed by atoms with E-state index in [1.165, 1.54) is 77.7 Å². The fraction of sp³-hybridized carbons (Fsp3) is 0.810. The third-order valence-electron chi connectivity index (χ3n) is 4.32. The van der Waals surface area contributed by atoms with Crippen LogP contribution in [0.1, 0.15) is 96.8 Å². The molecule has 0 aromatic rings. The van der Waals surface area contributed by atoms with E-state index in [1.807, 2.05) is 0 Å². The largest absolute Gasteiger partial charge is 0.480 e. The fourth-order valence-corrected chi connectivity index (χ4v) is 2.74. The van der Waals surface area contributed by atoms with Crippen LogP contribution >= 0.6 is 0 Å². The molecule has 0 unspecified atom stereocenters. The van der Waals surface area contributed by atoms with Crippen LogP contribution in [0.15, 0.2) is 0 Å². The Kier molecular flexibility index (Phi) is 16.3. The van der Waals surface area contributed by atoms with E-state index >= 15 is 0 Å². The maximum absolute atomic E-state index is 11.5. The number of carboxylic acids is 1. The number of nitrogens with zero attached hydrogens (tertiary/aromatic N) is 1. The molecule has 0 aliphatic rings. The lowest BCUT2D eigenvalue weighted by molar-refractivity contribution is -0.141. The predicted molar refractivity (Wildman–Crippen MR) is 103 cm³/mol. The summed E-state index contributed by atoms with van der Waals surface area (Å²) < 4.78 is 0. The number of carboxylic acid groups (broad SMARTS) is 1. The van der Waals surface area contributed by atoms with Gasteiger partial charge in [-0.25, -0.2) is 0 Å². The van der Waals surface area contributed by atoms with Gasteiger partial charge >= 0.3 is 5.97 Å². The molecule has 0 rings (SSSR count). The predicted octanol–water partition coefficient (Wildman–Crippen LogP) is 5.01. The number of likely N-dealkylation sites (N-methyl/N-ethyl adjacent to an activating group) is 1. The van der Waals surface area contributed by atoms with E-state index in [2.05, 4.69) is 18.8 Å². The molecule has 0 saturated carbocycles. The lowest BCUT2D eigenvalue weighted by Crippen LogP contribution is -2.30. The molecule has 25 heavy (non-hydrogen) atoms. The first-order valence-electron chi connectivity index (χ1n) is 10.0.